The second-order valence-electron chi connectivity index (χ2n) is 2.81. The maximum absolute atomic E-state index is 10.7. The fourth-order valence-electron chi connectivity index (χ4n) is 0.710. The van der Waals surface area contributed by atoms with Gasteiger partial charge in [0.2, 0.25) is 0 Å². The van der Waals surface area contributed by atoms with Crippen molar-refractivity contribution in [3.63, 3.8) is 0 Å². The zero-order valence-electron chi connectivity index (χ0n) is 7.82. The van der Waals surface area contributed by atoms with Crippen molar-refractivity contribution >= 4 is 16.8 Å². The van der Waals surface area contributed by atoms with Gasteiger partial charge in [0, 0.05) is 41.1 Å². The van der Waals surface area contributed by atoms with Crippen molar-refractivity contribution in [2.75, 3.05) is 12.0 Å². The topological polar surface area (TPSA) is 66.4 Å². The minimum Gasteiger partial charge on any atom is -0.478 e. The molecule has 0 aromatic carbocycles. The molecule has 2 unspecified atom stereocenters. The first kappa shape index (κ1) is 12.2. The Morgan fingerprint density at radius 3 is 2.77 bits per heavy atom. The summed E-state index contributed by atoms with van der Waals surface area (Å²) >= 11 is 0. The van der Waals surface area contributed by atoms with Gasteiger partial charge in [0.25, 0.3) is 0 Å². The van der Waals surface area contributed by atoms with E-state index in [9.17, 15) is 9.00 Å². The Morgan fingerprint density at radius 2 is 2.31 bits per heavy atom. The van der Waals surface area contributed by atoms with Crippen molar-refractivity contribution in [3.05, 3.63) is 12.3 Å². The molecule has 13 heavy (non-hydrogen) atoms. The highest BCUT2D eigenvalue weighted by atomic mass is 32.2. The van der Waals surface area contributed by atoms with Gasteiger partial charge in [-0.3, -0.25) is 4.21 Å². The molecule has 0 fully saturated rings. The SMILES string of the molecule is CC(CCS(C)=O)N/C=C/C(=O)O. The Bertz CT molecular complexity index is 215. The van der Waals surface area contributed by atoms with Crippen LogP contribution in [0.1, 0.15) is 13.3 Å². The van der Waals surface area contributed by atoms with Crippen LogP contribution >= 0.6 is 0 Å². The van der Waals surface area contributed by atoms with E-state index in [1.807, 2.05) is 6.92 Å². The van der Waals surface area contributed by atoms with Crippen molar-refractivity contribution in [1.29, 1.82) is 0 Å². The van der Waals surface area contributed by atoms with E-state index in [1.165, 1.54) is 6.20 Å². The Labute approximate surface area is 80.5 Å². The summed E-state index contributed by atoms with van der Waals surface area (Å²) in [7, 11) is -0.781. The van der Waals surface area contributed by atoms with Gasteiger partial charge < -0.3 is 10.4 Å². The third-order valence-electron chi connectivity index (χ3n) is 1.44. The molecule has 4 nitrogen and oxygen atoms in total. The van der Waals surface area contributed by atoms with E-state index in [1.54, 1.807) is 6.26 Å². The zero-order valence-corrected chi connectivity index (χ0v) is 8.63. The van der Waals surface area contributed by atoms with E-state index in [4.69, 9.17) is 5.11 Å². The van der Waals surface area contributed by atoms with Crippen molar-refractivity contribution in [2.24, 2.45) is 0 Å². The molecule has 0 bridgehead atoms. The molecule has 0 aliphatic heterocycles. The fourth-order valence-corrected chi connectivity index (χ4v) is 1.40. The zero-order chi connectivity index (χ0) is 10.3. The van der Waals surface area contributed by atoms with Gasteiger partial charge >= 0.3 is 5.97 Å². The summed E-state index contributed by atoms with van der Waals surface area (Å²) in [5.41, 5.74) is 0. The summed E-state index contributed by atoms with van der Waals surface area (Å²) in [4.78, 5) is 10.1. The first-order valence-corrected chi connectivity index (χ1v) is 5.70. The van der Waals surface area contributed by atoms with E-state index in [0.29, 0.717) is 5.75 Å². The van der Waals surface area contributed by atoms with E-state index in [0.717, 1.165) is 12.5 Å². The highest BCUT2D eigenvalue weighted by Crippen LogP contribution is 1.92. The number of carboxylic acid groups (broad SMARTS) is 1. The van der Waals surface area contributed by atoms with Crippen LogP contribution in [0.4, 0.5) is 0 Å². The molecule has 2 N–H and O–H groups in total. The Morgan fingerprint density at radius 1 is 1.69 bits per heavy atom. The van der Waals surface area contributed by atoms with E-state index in [-0.39, 0.29) is 6.04 Å². The molecule has 0 saturated heterocycles. The number of hydrogen-bond donors (Lipinski definition) is 2. The van der Waals surface area contributed by atoms with E-state index in [2.05, 4.69) is 5.32 Å². The van der Waals surface area contributed by atoms with Crippen LogP contribution in [0, 0.1) is 0 Å². The summed E-state index contributed by atoms with van der Waals surface area (Å²) in [6.07, 6.45) is 4.86. The maximum Gasteiger partial charge on any atom is 0.329 e. The third-order valence-corrected chi connectivity index (χ3v) is 2.26. The van der Waals surface area contributed by atoms with E-state index >= 15 is 0 Å². The van der Waals surface area contributed by atoms with Crippen molar-refractivity contribution < 1.29 is 14.1 Å². The summed E-state index contributed by atoms with van der Waals surface area (Å²) < 4.78 is 10.7. The number of carboxylic acids is 1. The lowest BCUT2D eigenvalue weighted by Gasteiger charge is -2.09. The van der Waals surface area contributed by atoms with Crippen LogP contribution in [-0.4, -0.2) is 33.3 Å². The normalized spacial score (nSPS) is 15.5. The molecule has 0 aliphatic carbocycles. The molecule has 2 atom stereocenters. The fraction of sp³-hybridized carbons (Fsp3) is 0.625. The van der Waals surface area contributed by atoms with Crippen LogP contribution in [0.2, 0.25) is 0 Å². The Hall–Kier alpha value is -0.840. The molecule has 0 rings (SSSR count). The van der Waals surface area contributed by atoms with Crippen molar-refractivity contribution in [1.82, 2.24) is 5.32 Å². The quantitative estimate of drug-likeness (QED) is 0.613. The molecule has 0 aromatic rings. The average Bonchev–Trinajstić information content (AvgIpc) is 2.00. The molecule has 0 radical (unpaired) electrons. The number of rotatable bonds is 6. The minimum absolute atomic E-state index is 0.152. The Balaban J connectivity index is 3.56. The van der Waals surface area contributed by atoms with Crippen LogP contribution in [-0.2, 0) is 15.6 Å². The van der Waals surface area contributed by atoms with Gasteiger partial charge in [-0.1, -0.05) is 0 Å². The van der Waals surface area contributed by atoms with Crippen molar-refractivity contribution in [2.45, 2.75) is 19.4 Å². The predicted octanol–water partition coefficient (Wildman–Crippen LogP) is 0.331. The standard InChI is InChI=1S/C8H15NO3S/c1-7(4-6-13(2)12)9-5-3-8(10)11/h3,5,7,9H,4,6H2,1-2H3,(H,10,11)/b5-3+. The summed E-state index contributed by atoms with van der Waals surface area (Å²) in [6.45, 7) is 1.92. The largest absolute Gasteiger partial charge is 0.478 e. The first-order valence-electron chi connectivity index (χ1n) is 3.98. The van der Waals surface area contributed by atoms with Crippen LogP contribution < -0.4 is 5.32 Å². The second kappa shape index (κ2) is 6.65. The number of carbonyl (C=O) groups is 1. The summed E-state index contributed by atoms with van der Waals surface area (Å²) in [5, 5.41) is 11.1. The molecule has 0 aliphatic rings. The third kappa shape index (κ3) is 9.07. The molecule has 5 heteroatoms. The maximum atomic E-state index is 10.7. The number of nitrogens with one attached hydrogen (secondary N) is 1. The molecular weight excluding hydrogens is 190 g/mol. The highest BCUT2D eigenvalue weighted by Gasteiger charge is 1.99. The first-order chi connectivity index (χ1) is 6.02. The van der Waals surface area contributed by atoms with Gasteiger partial charge in [-0.2, -0.15) is 0 Å². The predicted molar refractivity (Wildman–Crippen MR) is 52.9 cm³/mol. The molecule has 0 heterocycles. The molecule has 0 spiro atoms. The summed E-state index contributed by atoms with van der Waals surface area (Å²) in [5.74, 6) is -0.339. The molecule has 76 valence electrons. The monoisotopic (exact) mass is 205 g/mol. The van der Waals surface area contributed by atoms with Crippen LogP contribution in [0.25, 0.3) is 0 Å². The Kier molecular flexibility index (Phi) is 6.22. The van der Waals surface area contributed by atoms with Crippen LogP contribution in [0.5, 0.6) is 0 Å². The minimum atomic E-state index is -0.973. The van der Waals surface area contributed by atoms with E-state index < -0.39 is 16.8 Å². The smallest absolute Gasteiger partial charge is 0.329 e. The van der Waals surface area contributed by atoms with Crippen LogP contribution in [0.3, 0.4) is 0 Å². The van der Waals surface area contributed by atoms with Gasteiger partial charge in [-0.25, -0.2) is 4.79 Å². The molecule has 0 saturated carbocycles. The second-order valence-corrected chi connectivity index (χ2v) is 4.36. The number of hydrogen-bond acceptors (Lipinski definition) is 3. The highest BCUT2D eigenvalue weighted by molar-refractivity contribution is 7.84. The van der Waals surface area contributed by atoms with Gasteiger partial charge in [0.1, 0.15) is 0 Å². The van der Waals surface area contributed by atoms with Gasteiger partial charge in [-0.05, 0) is 13.3 Å². The molecular formula is C8H15NO3S. The van der Waals surface area contributed by atoms with Gasteiger partial charge in [0.15, 0.2) is 0 Å². The number of aliphatic carboxylic acids is 1. The van der Waals surface area contributed by atoms with Gasteiger partial charge in [0.05, 0.1) is 0 Å². The summed E-state index contributed by atoms with van der Waals surface area (Å²) in [6, 6.07) is 0.152. The molecule has 0 amide bonds. The lowest BCUT2D eigenvalue weighted by molar-refractivity contribution is -0.131. The van der Waals surface area contributed by atoms with Crippen LogP contribution in [0.15, 0.2) is 12.3 Å². The molecule has 0 aromatic heterocycles. The van der Waals surface area contributed by atoms with Crippen molar-refractivity contribution in [3.8, 4) is 0 Å². The lowest BCUT2D eigenvalue weighted by Crippen LogP contribution is -2.22. The lowest BCUT2D eigenvalue weighted by atomic mass is 10.3. The van der Waals surface area contributed by atoms with Gasteiger partial charge in [-0.15, -0.1) is 0 Å². The average molecular weight is 205 g/mol.